The summed E-state index contributed by atoms with van der Waals surface area (Å²) in [4.78, 5) is 24.4. The molecule has 0 N–H and O–H groups in total. The molecule has 0 spiro atoms. The fourth-order valence-electron chi connectivity index (χ4n) is 0.693. The molecule has 0 atom stereocenters. The SMILES string of the molecule is COC(=O)CN(C)C.COC(=O)OCCN(C)C. The molecule has 7 heteroatoms. The van der Waals surface area contributed by atoms with E-state index >= 15 is 0 Å². The Hall–Kier alpha value is -1.34. The summed E-state index contributed by atoms with van der Waals surface area (Å²) in [7, 11) is 10.1. The Kier molecular flexibility index (Phi) is 12.8. The molecule has 0 saturated carbocycles. The Morgan fingerprint density at radius 2 is 1.50 bits per heavy atom. The summed E-state index contributed by atoms with van der Waals surface area (Å²) in [5.74, 6) is -0.199. The first-order valence-corrected chi connectivity index (χ1v) is 5.40. The fraction of sp³-hybridized carbons (Fsp3) is 0.818. The van der Waals surface area contributed by atoms with Gasteiger partial charge in [0, 0.05) is 6.54 Å². The molecule has 0 aromatic rings. The minimum absolute atomic E-state index is 0.199. The summed E-state index contributed by atoms with van der Waals surface area (Å²) in [6.45, 7) is 1.45. The molecule has 0 saturated heterocycles. The molecule has 0 amide bonds. The number of methoxy groups -OCH3 is 2. The van der Waals surface area contributed by atoms with Crippen LogP contribution in [-0.4, -0.2) is 84.0 Å². The zero-order valence-electron chi connectivity index (χ0n) is 12.1. The van der Waals surface area contributed by atoms with E-state index in [-0.39, 0.29) is 5.97 Å². The molecular weight excluding hydrogens is 240 g/mol. The number of likely N-dealkylation sites (N-methyl/N-ethyl adjacent to an activating group) is 2. The second-order valence-electron chi connectivity index (χ2n) is 3.92. The number of esters is 1. The largest absolute Gasteiger partial charge is 0.508 e. The summed E-state index contributed by atoms with van der Waals surface area (Å²) < 4.78 is 13.2. The van der Waals surface area contributed by atoms with Crippen LogP contribution in [0.3, 0.4) is 0 Å². The molecule has 0 heterocycles. The van der Waals surface area contributed by atoms with Gasteiger partial charge in [-0.25, -0.2) is 4.79 Å². The van der Waals surface area contributed by atoms with E-state index in [0.717, 1.165) is 6.54 Å². The van der Waals surface area contributed by atoms with Gasteiger partial charge in [0.2, 0.25) is 0 Å². The number of ether oxygens (including phenoxy) is 3. The molecule has 0 unspecified atom stereocenters. The number of hydrogen-bond acceptors (Lipinski definition) is 7. The van der Waals surface area contributed by atoms with E-state index in [1.165, 1.54) is 14.2 Å². The van der Waals surface area contributed by atoms with E-state index in [4.69, 9.17) is 0 Å². The predicted molar refractivity (Wildman–Crippen MR) is 67.5 cm³/mol. The van der Waals surface area contributed by atoms with Gasteiger partial charge in [-0.3, -0.25) is 9.69 Å². The molecule has 0 bridgehead atoms. The van der Waals surface area contributed by atoms with Gasteiger partial charge in [-0.15, -0.1) is 0 Å². The first kappa shape index (κ1) is 19.0. The van der Waals surface area contributed by atoms with E-state index < -0.39 is 6.16 Å². The normalized spacial score (nSPS) is 9.56. The molecule has 0 radical (unpaired) electrons. The van der Waals surface area contributed by atoms with Gasteiger partial charge in [-0.2, -0.15) is 0 Å². The van der Waals surface area contributed by atoms with Gasteiger partial charge in [-0.05, 0) is 28.2 Å². The van der Waals surface area contributed by atoms with Gasteiger partial charge in [0.15, 0.2) is 0 Å². The van der Waals surface area contributed by atoms with Crippen molar-refractivity contribution < 1.29 is 23.8 Å². The second kappa shape index (κ2) is 12.1. The number of carbonyl (C=O) groups is 2. The minimum Gasteiger partial charge on any atom is -0.468 e. The lowest BCUT2D eigenvalue weighted by Gasteiger charge is -2.08. The quantitative estimate of drug-likeness (QED) is 0.650. The number of hydrogen-bond donors (Lipinski definition) is 0. The topological polar surface area (TPSA) is 68.3 Å². The van der Waals surface area contributed by atoms with Gasteiger partial charge in [0.1, 0.15) is 6.61 Å². The standard InChI is InChI=1S/C6H13NO3.C5H11NO2/c1-7(2)4-5-10-6(8)9-3;1-6(2)4-5(7)8-3/h4-5H2,1-3H3;4H2,1-3H3. The van der Waals surface area contributed by atoms with Gasteiger partial charge < -0.3 is 19.1 Å². The maximum absolute atomic E-state index is 10.4. The first-order valence-electron chi connectivity index (χ1n) is 5.40. The summed E-state index contributed by atoms with van der Waals surface area (Å²) in [6, 6.07) is 0. The van der Waals surface area contributed by atoms with Crippen LogP contribution in [0.5, 0.6) is 0 Å². The van der Waals surface area contributed by atoms with Crippen LogP contribution in [0, 0.1) is 0 Å². The van der Waals surface area contributed by atoms with Gasteiger partial charge in [0.05, 0.1) is 20.8 Å². The van der Waals surface area contributed by atoms with Gasteiger partial charge >= 0.3 is 12.1 Å². The smallest absolute Gasteiger partial charge is 0.468 e. The van der Waals surface area contributed by atoms with Crippen LogP contribution < -0.4 is 0 Å². The van der Waals surface area contributed by atoms with Crippen molar-refractivity contribution in [2.24, 2.45) is 0 Å². The van der Waals surface area contributed by atoms with Crippen molar-refractivity contribution >= 4 is 12.1 Å². The Morgan fingerprint density at radius 1 is 0.944 bits per heavy atom. The van der Waals surface area contributed by atoms with Gasteiger partial charge in [-0.1, -0.05) is 0 Å². The van der Waals surface area contributed by atoms with E-state index in [1.807, 2.05) is 33.1 Å². The Bertz CT molecular complexity index is 231. The highest BCUT2D eigenvalue weighted by atomic mass is 16.7. The molecule has 108 valence electrons. The number of rotatable bonds is 5. The summed E-state index contributed by atoms with van der Waals surface area (Å²) in [5, 5.41) is 0. The molecule has 18 heavy (non-hydrogen) atoms. The molecule has 0 fully saturated rings. The van der Waals surface area contributed by atoms with Crippen molar-refractivity contribution in [2.45, 2.75) is 0 Å². The average molecular weight is 264 g/mol. The summed E-state index contributed by atoms with van der Waals surface area (Å²) >= 11 is 0. The zero-order valence-corrected chi connectivity index (χ0v) is 12.1. The molecule has 0 aliphatic carbocycles. The monoisotopic (exact) mass is 264 g/mol. The molecule has 7 nitrogen and oxygen atoms in total. The Labute approximate surface area is 109 Å². The van der Waals surface area contributed by atoms with E-state index in [2.05, 4.69) is 14.2 Å². The second-order valence-corrected chi connectivity index (χ2v) is 3.92. The highest BCUT2D eigenvalue weighted by molar-refractivity contribution is 5.71. The predicted octanol–water partition coefficient (Wildman–Crippen LogP) is 0.0520. The van der Waals surface area contributed by atoms with E-state index in [1.54, 1.807) is 4.90 Å². The average Bonchev–Trinajstić information content (AvgIpc) is 2.28. The Balaban J connectivity index is 0. The molecule has 0 aromatic heterocycles. The third kappa shape index (κ3) is 17.1. The van der Waals surface area contributed by atoms with E-state index in [9.17, 15) is 9.59 Å². The van der Waals surface area contributed by atoms with Crippen LogP contribution in [0.25, 0.3) is 0 Å². The lowest BCUT2D eigenvalue weighted by atomic mass is 10.6. The molecule has 0 aliphatic heterocycles. The Morgan fingerprint density at radius 3 is 1.78 bits per heavy atom. The maximum atomic E-state index is 10.4. The molecule has 0 rings (SSSR count). The van der Waals surface area contributed by atoms with Crippen molar-refractivity contribution in [3.05, 3.63) is 0 Å². The van der Waals surface area contributed by atoms with Crippen molar-refractivity contribution in [2.75, 3.05) is 62.1 Å². The highest BCUT2D eigenvalue weighted by Crippen LogP contribution is 1.82. The summed E-state index contributed by atoms with van der Waals surface area (Å²) in [6.07, 6.45) is -0.623. The van der Waals surface area contributed by atoms with E-state index in [0.29, 0.717) is 13.2 Å². The van der Waals surface area contributed by atoms with Crippen LogP contribution in [0.1, 0.15) is 0 Å². The van der Waals surface area contributed by atoms with Gasteiger partial charge in [0.25, 0.3) is 0 Å². The van der Waals surface area contributed by atoms with Crippen LogP contribution in [0.2, 0.25) is 0 Å². The van der Waals surface area contributed by atoms with Crippen molar-refractivity contribution in [1.29, 1.82) is 0 Å². The van der Waals surface area contributed by atoms with Crippen LogP contribution >= 0.6 is 0 Å². The third-order valence-corrected chi connectivity index (χ3v) is 1.60. The third-order valence-electron chi connectivity index (χ3n) is 1.60. The van der Waals surface area contributed by atoms with Crippen molar-refractivity contribution in [3.8, 4) is 0 Å². The van der Waals surface area contributed by atoms with Crippen LogP contribution in [-0.2, 0) is 19.0 Å². The van der Waals surface area contributed by atoms with Crippen molar-refractivity contribution in [3.63, 3.8) is 0 Å². The first-order chi connectivity index (χ1) is 8.33. The maximum Gasteiger partial charge on any atom is 0.508 e. The zero-order chi connectivity index (χ0) is 14.6. The number of nitrogens with zero attached hydrogens (tertiary/aromatic N) is 2. The lowest BCUT2D eigenvalue weighted by molar-refractivity contribution is -0.141. The lowest BCUT2D eigenvalue weighted by Crippen LogP contribution is -2.22. The fourth-order valence-corrected chi connectivity index (χ4v) is 0.693. The number of carbonyl (C=O) groups excluding carboxylic acids is 2. The molecular formula is C11H24N2O5. The van der Waals surface area contributed by atoms with Crippen molar-refractivity contribution in [1.82, 2.24) is 9.80 Å². The van der Waals surface area contributed by atoms with Crippen LogP contribution in [0.15, 0.2) is 0 Å². The van der Waals surface area contributed by atoms with Crippen LogP contribution in [0.4, 0.5) is 4.79 Å². The highest BCUT2D eigenvalue weighted by Gasteiger charge is 1.99. The molecule has 0 aliphatic rings. The minimum atomic E-state index is -0.623. The molecule has 0 aromatic carbocycles. The summed E-state index contributed by atoms with van der Waals surface area (Å²) in [5.41, 5.74) is 0.